The Morgan fingerprint density at radius 1 is 1.14 bits per heavy atom. The molecule has 0 bridgehead atoms. The van der Waals surface area contributed by atoms with E-state index < -0.39 is 5.66 Å². The molecule has 3 aliphatic rings. The van der Waals surface area contributed by atoms with Crippen molar-refractivity contribution in [2.24, 2.45) is 4.99 Å². The summed E-state index contributed by atoms with van der Waals surface area (Å²) in [4.78, 5) is 32.6. The molecule has 1 aromatic rings. The van der Waals surface area contributed by atoms with Crippen molar-refractivity contribution in [1.82, 2.24) is 10.2 Å². The molecule has 2 fully saturated rings. The quantitative estimate of drug-likeness (QED) is 0.850. The second kappa shape index (κ2) is 8.43. The third-order valence-electron chi connectivity index (χ3n) is 6.07. The predicted octanol–water partition coefficient (Wildman–Crippen LogP) is 2.66. The van der Waals surface area contributed by atoms with Gasteiger partial charge in [-0.25, -0.2) is 0 Å². The molecule has 28 heavy (non-hydrogen) atoms. The van der Waals surface area contributed by atoms with E-state index in [9.17, 15) is 9.59 Å². The lowest BCUT2D eigenvalue weighted by Gasteiger charge is -2.35. The van der Waals surface area contributed by atoms with Crippen molar-refractivity contribution in [1.29, 1.82) is 0 Å². The van der Waals surface area contributed by atoms with Crippen molar-refractivity contribution in [2.75, 3.05) is 19.7 Å². The lowest BCUT2D eigenvalue weighted by atomic mass is 10.00. The van der Waals surface area contributed by atoms with Crippen LogP contribution in [0.5, 0.6) is 0 Å². The Balaban J connectivity index is 1.52. The number of nitrogens with zero attached hydrogens (tertiary/aromatic N) is 2. The fourth-order valence-corrected chi connectivity index (χ4v) is 4.55. The van der Waals surface area contributed by atoms with Gasteiger partial charge in [0.25, 0.3) is 5.91 Å². The number of nitrogens with one attached hydrogen (secondary N) is 1. The van der Waals surface area contributed by atoms with Crippen LogP contribution in [0.15, 0.2) is 35.3 Å². The van der Waals surface area contributed by atoms with Gasteiger partial charge in [-0.3, -0.25) is 14.6 Å². The van der Waals surface area contributed by atoms with Crippen LogP contribution >= 0.6 is 0 Å². The lowest BCUT2D eigenvalue weighted by Crippen LogP contribution is -2.51. The van der Waals surface area contributed by atoms with Gasteiger partial charge >= 0.3 is 0 Å². The monoisotopic (exact) mass is 383 g/mol. The van der Waals surface area contributed by atoms with Crippen LogP contribution in [-0.4, -0.2) is 53.9 Å². The highest BCUT2D eigenvalue weighted by molar-refractivity contribution is 6.47. The number of carbonyl (C=O) groups excluding carboxylic acids is 2. The SMILES string of the molecule is O=C(CN1C(=O)C(c2ccccc2)=NC12CCCCCC2)NCC1CCCO1. The normalized spacial score (nSPS) is 24.3. The number of hydrogen-bond donors (Lipinski definition) is 1. The van der Waals surface area contributed by atoms with Gasteiger partial charge in [0, 0.05) is 18.7 Å². The van der Waals surface area contributed by atoms with Crippen LogP contribution in [-0.2, 0) is 14.3 Å². The van der Waals surface area contributed by atoms with Crippen LogP contribution < -0.4 is 5.32 Å². The third-order valence-corrected chi connectivity index (χ3v) is 6.07. The maximum absolute atomic E-state index is 13.3. The Morgan fingerprint density at radius 3 is 2.57 bits per heavy atom. The molecule has 0 aromatic heterocycles. The molecule has 1 saturated carbocycles. The maximum Gasteiger partial charge on any atom is 0.275 e. The minimum atomic E-state index is -0.569. The van der Waals surface area contributed by atoms with Crippen molar-refractivity contribution >= 4 is 17.5 Å². The highest BCUT2D eigenvalue weighted by Crippen LogP contribution is 2.38. The van der Waals surface area contributed by atoms with E-state index >= 15 is 0 Å². The Bertz CT molecular complexity index is 733. The third kappa shape index (κ3) is 3.97. The summed E-state index contributed by atoms with van der Waals surface area (Å²) in [5, 5.41) is 2.96. The smallest absolute Gasteiger partial charge is 0.275 e. The van der Waals surface area contributed by atoms with E-state index in [1.165, 1.54) is 0 Å². The molecule has 1 aliphatic carbocycles. The molecule has 1 N–H and O–H groups in total. The van der Waals surface area contributed by atoms with E-state index in [0.29, 0.717) is 12.3 Å². The molecule has 1 saturated heterocycles. The second-order valence-electron chi connectivity index (χ2n) is 8.05. The molecule has 1 spiro atoms. The van der Waals surface area contributed by atoms with Crippen molar-refractivity contribution in [2.45, 2.75) is 63.1 Å². The van der Waals surface area contributed by atoms with Gasteiger partial charge in [-0.15, -0.1) is 0 Å². The first kappa shape index (κ1) is 19.1. The van der Waals surface area contributed by atoms with Crippen molar-refractivity contribution < 1.29 is 14.3 Å². The molecule has 2 heterocycles. The van der Waals surface area contributed by atoms with Gasteiger partial charge in [-0.1, -0.05) is 43.2 Å². The van der Waals surface area contributed by atoms with Gasteiger partial charge in [0.2, 0.25) is 5.91 Å². The summed E-state index contributed by atoms with van der Waals surface area (Å²) in [5.41, 5.74) is 0.757. The van der Waals surface area contributed by atoms with E-state index in [-0.39, 0.29) is 24.5 Å². The summed E-state index contributed by atoms with van der Waals surface area (Å²) in [6.07, 6.45) is 8.16. The fourth-order valence-electron chi connectivity index (χ4n) is 4.55. The highest BCUT2D eigenvalue weighted by Gasteiger charge is 2.47. The van der Waals surface area contributed by atoms with Gasteiger partial charge in [0.05, 0.1) is 6.10 Å². The summed E-state index contributed by atoms with van der Waals surface area (Å²) in [6.45, 7) is 1.34. The van der Waals surface area contributed by atoms with Crippen LogP contribution in [0, 0.1) is 0 Å². The number of carbonyl (C=O) groups is 2. The van der Waals surface area contributed by atoms with E-state index in [0.717, 1.165) is 63.5 Å². The van der Waals surface area contributed by atoms with Crippen LogP contribution in [0.2, 0.25) is 0 Å². The molecular weight excluding hydrogens is 354 g/mol. The fraction of sp³-hybridized carbons (Fsp3) is 0.591. The van der Waals surface area contributed by atoms with E-state index in [2.05, 4.69) is 5.32 Å². The lowest BCUT2D eigenvalue weighted by molar-refractivity contribution is -0.135. The van der Waals surface area contributed by atoms with E-state index in [1.54, 1.807) is 4.90 Å². The first-order valence-corrected chi connectivity index (χ1v) is 10.5. The maximum atomic E-state index is 13.3. The van der Waals surface area contributed by atoms with Crippen molar-refractivity contribution in [3.63, 3.8) is 0 Å². The first-order valence-electron chi connectivity index (χ1n) is 10.5. The van der Waals surface area contributed by atoms with Crippen molar-refractivity contribution in [3.8, 4) is 0 Å². The average molecular weight is 383 g/mol. The Labute approximate surface area is 166 Å². The minimum Gasteiger partial charge on any atom is -0.376 e. The molecule has 6 heteroatoms. The van der Waals surface area contributed by atoms with E-state index in [1.807, 2.05) is 30.3 Å². The number of benzene rings is 1. The topological polar surface area (TPSA) is 71.0 Å². The average Bonchev–Trinajstić information content (AvgIpc) is 3.24. The Morgan fingerprint density at radius 2 is 1.89 bits per heavy atom. The van der Waals surface area contributed by atoms with Gasteiger partial charge in [-0.05, 0) is 38.5 Å². The van der Waals surface area contributed by atoms with Crippen LogP contribution in [0.1, 0.15) is 56.9 Å². The van der Waals surface area contributed by atoms with Gasteiger partial charge in [-0.2, -0.15) is 0 Å². The van der Waals surface area contributed by atoms with Crippen LogP contribution in [0.3, 0.4) is 0 Å². The number of aliphatic imine (C=N–C) groups is 1. The largest absolute Gasteiger partial charge is 0.376 e. The van der Waals surface area contributed by atoms with Gasteiger partial charge in [0.15, 0.2) is 0 Å². The molecule has 150 valence electrons. The molecule has 1 atom stereocenters. The van der Waals surface area contributed by atoms with E-state index in [4.69, 9.17) is 9.73 Å². The van der Waals surface area contributed by atoms with Crippen LogP contribution in [0.4, 0.5) is 0 Å². The molecule has 2 aliphatic heterocycles. The first-order chi connectivity index (χ1) is 13.7. The zero-order valence-corrected chi connectivity index (χ0v) is 16.4. The predicted molar refractivity (Wildman–Crippen MR) is 107 cm³/mol. The number of ether oxygens (including phenoxy) is 1. The molecule has 1 unspecified atom stereocenters. The minimum absolute atomic E-state index is 0.0609. The summed E-state index contributed by atoms with van der Waals surface area (Å²) in [6, 6.07) is 9.61. The summed E-state index contributed by atoms with van der Waals surface area (Å²) in [5.74, 6) is -0.252. The Kier molecular flexibility index (Phi) is 5.76. The number of hydrogen-bond acceptors (Lipinski definition) is 4. The molecule has 0 radical (unpaired) electrons. The molecular formula is C22H29N3O3. The number of rotatable bonds is 5. The zero-order chi connectivity index (χ0) is 19.4. The second-order valence-corrected chi connectivity index (χ2v) is 8.05. The summed E-state index contributed by atoms with van der Waals surface area (Å²) in [7, 11) is 0. The zero-order valence-electron chi connectivity index (χ0n) is 16.4. The van der Waals surface area contributed by atoms with Crippen LogP contribution in [0.25, 0.3) is 0 Å². The van der Waals surface area contributed by atoms with Gasteiger partial charge < -0.3 is 15.0 Å². The summed E-state index contributed by atoms with van der Waals surface area (Å²) < 4.78 is 5.58. The molecule has 1 aromatic carbocycles. The Hall–Kier alpha value is -2.21. The highest BCUT2D eigenvalue weighted by atomic mass is 16.5. The summed E-state index contributed by atoms with van der Waals surface area (Å²) >= 11 is 0. The van der Waals surface area contributed by atoms with Crippen molar-refractivity contribution in [3.05, 3.63) is 35.9 Å². The van der Waals surface area contributed by atoms with Gasteiger partial charge in [0.1, 0.15) is 17.9 Å². The molecule has 6 nitrogen and oxygen atoms in total. The standard InChI is InChI=1S/C22H29N3O3/c26-19(23-15-18-11-8-14-28-18)16-25-21(27)20(17-9-4-3-5-10-17)24-22(25)12-6-1-2-7-13-22/h3-5,9-10,18H,1-2,6-8,11-16H2,(H,23,26). The molecule has 4 rings (SSSR count). The molecule has 2 amide bonds. The number of amides is 2.